The van der Waals surface area contributed by atoms with E-state index in [9.17, 15) is 23.2 Å². The summed E-state index contributed by atoms with van der Waals surface area (Å²) < 4.78 is 47.0. The maximum Gasteiger partial charge on any atom is 0.391 e. The van der Waals surface area contributed by atoms with Crippen molar-refractivity contribution in [2.45, 2.75) is 49.4 Å². The lowest BCUT2D eigenvalue weighted by atomic mass is 9.68. The molecule has 5 rings (SSSR count). The Morgan fingerprint density at radius 3 is 2.70 bits per heavy atom. The Bertz CT molecular complexity index is 1220. The van der Waals surface area contributed by atoms with Crippen LogP contribution in [0.2, 0.25) is 0 Å². The minimum absolute atomic E-state index is 0.0200. The number of nitrogens with zero attached hydrogens (tertiary/aromatic N) is 2. The summed E-state index contributed by atoms with van der Waals surface area (Å²) in [4.78, 5) is 17.6. The molecule has 1 fully saturated rings. The molecule has 0 bridgehead atoms. The summed E-state index contributed by atoms with van der Waals surface area (Å²) in [6, 6.07) is 14.3. The Labute approximate surface area is 188 Å². The third kappa shape index (κ3) is 3.50. The monoisotopic (exact) mass is 454 g/mol. The molecule has 33 heavy (non-hydrogen) atoms. The number of hydrogen-bond donors (Lipinski definition) is 2. The summed E-state index contributed by atoms with van der Waals surface area (Å²) >= 11 is 0. The van der Waals surface area contributed by atoms with E-state index in [1.165, 1.54) is 0 Å². The van der Waals surface area contributed by atoms with Crippen molar-refractivity contribution in [2.75, 3.05) is 0 Å². The van der Waals surface area contributed by atoms with Crippen LogP contribution < -0.4 is 15.8 Å². The third-order valence-corrected chi connectivity index (χ3v) is 6.85. The number of nitrogens with two attached hydrogens (primary N) is 1. The number of nitrogens with one attached hydrogen (secondary N) is 1. The fourth-order valence-corrected chi connectivity index (χ4v) is 5.38. The molecule has 0 radical (unpaired) electrons. The molecule has 9 heteroatoms. The minimum Gasteiger partial charge on any atom is -0.487 e. The molecule has 1 saturated carbocycles. The van der Waals surface area contributed by atoms with Crippen LogP contribution in [0, 0.1) is 17.2 Å². The molecular formula is C24H21F3N4O2. The zero-order valence-corrected chi connectivity index (χ0v) is 17.6. The molecule has 2 aliphatic heterocycles. The minimum atomic E-state index is -4.33. The zero-order chi connectivity index (χ0) is 23.4. The van der Waals surface area contributed by atoms with Crippen molar-refractivity contribution >= 4 is 11.9 Å². The van der Waals surface area contributed by atoms with Crippen molar-refractivity contribution in [3.8, 4) is 22.9 Å². The molecule has 3 N–H and O–H groups in total. The van der Waals surface area contributed by atoms with E-state index in [0.717, 1.165) is 11.1 Å². The van der Waals surface area contributed by atoms with Crippen LogP contribution in [0.4, 0.5) is 13.2 Å². The smallest absolute Gasteiger partial charge is 0.391 e. The van der Waals surface area contributed by atoms with E-state index in [-0.39, 0.29) is 25.2 Å². The van der Waals surface area contributed by atoms with Crippen molar-refractivity contribution in [3.05, 3.63) is 53.6 Å². The van der Waals surface area contributed by atoms with Gasteiger partial charge in [-0.15, -0.1) is 0 Å². The molecule has 3 aliphatic rings. The van der Waals surface area contributed by atoms with Gasteiger partial charge in [-0.2, -0.15) is 18.4 Å². The van der Waals surface area contributed by atoms with E-state index < -0.39 is 29.1 Å². The number of carbonyl (C=O) groups is 1. The standard InChI is InChI=1S/C24H21F3N4O2/c25-24(26,27)17-5-2-8-22(11-17)13-23(20(32)30-21(29)31-23)18-10-16(6-7-19(18)33-22)15-4-1-3-14(9-15)12-28/h1,3-4,6-7,9-10,17H,2,5,8,11,13H2,(H3,29,30,31,32). The molecule has 6 nitrogen and oxygen atoms in total. The second-order valence-corrected chi connectivity index (χ2v) is 9.01. The number of halogens is 3. The van der Waals surface area contributed by atoms with Gasteiger partial charge in [-0.1, -0.05) is 18.2 Å². The molecule has 2 heterocycles. The molecule has 1 amide bonds. The lowest BCUT2D eigenvalue weighted by molar-refractivity contribution is -0.200. The number of amides is 1. The first-order valence-corrected chi connectivity index (χ1v) is 10.7. The normalized spacial score (nSPS) is 28.6. The van der Waals surface area contributed by atoms with Crippen LogP contribution in [-0.4, -0.2) is 23.6 Å². The number of aliphatic imine (C=N–C) groups is 1. The molecule has 2 spiro atoms. The van der Waals surface area contributed by atoms with Crippen LogP contribution in [0.25, 0.3) is 11.1 Å². The van der Waals surface area contributed by atoms with Gasteiger partial charge >= 0.3 is 6.18 Å². The number of nitriles is 1. The molecule has 2 aromatic carbocycles. The van der Waals surface area contributed by atoms with Crippen LogP contribution in [0.5, 0.6) is 5.75 Å². The summed E-state index contributed by atoms with van der Waals surface area (Å²) in [6.45, 7) is 0. The zero-order valence-electron chi connectivity index (χ0n) is 17.6. The van der Waals surface area contributed by atoms with Gasteiger partial charge in [0.2, 0.25) is 0 Å². The number of ether oxygens (including phenoxy) is 1. The van der Waals surface area contributed by atoms with Crippen molar-refractivity contribution < 1.29 is 22.7 Å². The van der Waals surface area contributed by atoms with E-state index in [4.69, 9.17) is 10.5 Å². The predicted molar refractivity (Wildman–Crippen MR) is 114 cm³/mol. The number of alkyl halides is 3. The molecule has 2 aromatic rings. The average Bonchev–Trinajstić information content (AvgIpc) is 3.05. The van der Waals surface area contributed by atoms with Crippen molar-refractivity contribution in [3.63, 3.8) is 0 Å². The van der Waals surface area contributed by atoms with E-state index >= 15 is 0 Å². The van der Waals surface area contributed by atoms with E-state index in [0.29, 0.717) is 29.7 Å². The fraction of sp³-hybridized carbons (Fsp3) is 0.375. The molecule has 170 valence electrons. The number of fused-ring (bicyclic) bond motifs is 2. The van der Waals surface area contributed by atoms with Crippen molar-refractivity contribution in [1.29, 1.82) is 5.26 Å². The lowest BCUT2D eigenvalue weighted by Crippen LogP contribution is -2.54. The van der Waals surface area contributed by atoms with Crippen LogP contribution in [0.15, 0.2) is 47.5 Å². The van der Waals surface area contributed by atoms with Gasteiger partial charge in [-0.3, -0.25) is 10.1 Å². The number of hydrogen-bond acceptors (Lipinski definition) is 5. The van der Waals surface area contributed by atoms with Gasteiger partial charge in [0.25, 0.3) is 5.91 Å². The van der Waals surface area contributed by atoms with Crippen LogP contribution in [-0.2, 0) is 10.3 Å². The van der Waals surface area contributed by atoms with E-state index in [1.54, 1.807) is 36.4 Å². The second-order valence-electron chi connectivity index (χ2n) is 9.01. The summed E-state index contributed by atoms with van der Waals surface area (Å²) in [5.41, 5.74) is 5.65. The van der Waals surface area contributed by atoms with Gasteiger partial charge in [0.15, 0.2) is 11.5 Å². The largest absolute Gasteiger partial charge is 0.487 e. The molecule has 3 unspecified atom stereocenters. The van der Waals surface area contributed by atoms with Crippen molar-refractivity contribution in [2.24, 2.45) is 16.6 Å². The fourth-order valence-electron chi connectivity index (χ4n) is 5.38. The van der Waals surface area contributed by atoms with Gasteiger partial charge in [0.05, 0.1) is 17.6 Å². The van der Waals surface area contributed by atoms with E-state index in [1.807, 2.05) is 6.07 Å². The Morgan fingerprint density at radius 1 is 1.21 bits per heavy atom. The van der Waals surface area contributed by atoms with Gasteiger partial charge in [0.1, 0.15) is 11.4 Å². The average molecular weight is 454 g/mol. The first-order valence-electron chi connectivity index (χ1n) is 10.7. The quantitative estimate of drug-likeness (QED) is 0.676. The second kappa shape index (κ2) is 7.24. The number of carbonyl (C=O) groups excluding carboxylic acids is 1. The molecule has 0 saturated heterocycles. The summed E-state index contributed by atoms with van der Waals surface area (Å²) in [5, 5.41) is 11.7. The Kier molecular flexibility index (Phi) is 4.67. The van der Waals surface area contributed by atoms with E-state index in [2.05, 4.69) is 16.4 Å². The first-order chi connectivity index (χ1) is 15.6. The summed E-state index contributed by atoms with van der Waals surface area (Å²) in [5.74, 6) is -1.70. The number of benzene rings is 2. The molecular weight excluding hydrogens is 433 g/mol. The third-order valence-electron chi connectivity index (χ3n) is 6.85. The van der Waals surface area contributed by atoms with Gasteiger partial charge in [-0.05, 0) is 61.1 Å². The molecule has 1 aliphatic carbocycles. The SMILES string of the molecule is N#Cc1cccc(-c2ccc3c(c2)C2(CC4(CCCC(C(F)(F)F)C4)O3)N=C(N)NC2=O)c1. The maximum absolute atomic E-state index is 13.6. The van der Waals surface area contributed by atoms with Crippen LogP contribution in [0.3, 0.4) is 0 Å². The van der Waals surface area contributed by atoms with Crippen LogP contribution >= 0.6 is 0 Å². The first kappa shape index (κ1) is 21.3. The van der Waals surface area contributed by atoms with Gasteiger partial charge in [0, 0.05) is 12.0 Å². The van der Waals surface area contributed by atoms with Crippen molar-refractivity contribution in [1.82, 2.24) is 5.32 Å². The highest BCUT2D eigenvalue weighted by Crippen LogP contribution is 2.55. The topological polar surface area (TPSA) is 100 Å². The van der Waals surface area contributed by atoms with Crippen LogP contribution in [0.1, 0.15) is 43.2 Å². The highest BCUT2D eigenvalue weighted by atomic mass is 19.4. The number of rotatable bonds is 1. The lowest BCUT2D eigenvalue weighted by Gasteiger charge is -2.48. The summed E-state index contributed by atoms with van der Waals surface area (Å²) in [7, 11) is 0. The molecule has 0 aromatic heterocycles. The Balaban J connectivity index is 1.63. The Morgan fingerprint density at radius 2 is 2.00 bits per heavy atom. The maximum atomic E-state index is 13.6. The van der Waals surface area contributed by atoms with Gasteiger partial charge < -0.3 is 10.5 Å². The highest BCUT2D eigenvalue weighted by Gasteiger charge is 2.59. The highest BCUT2D eigenvalue weighted by molar-refractivity contribution is 6.07. The Hall–Kier alpha value is -3.54. The number of guanidine groups is 1. The summed E-state index contributed by atoms with van der Waals surface area (Å²) in [6.07, 6.45) is -3.80. The molecule has 3 atom stereocenters. The van der Waals surface area contributed by atoms with Gasteiger partial charge in [-0.25, -0.2) is 4.99 Å². The predicted octanol–water partition coefficient (Wildman–Crippen LogP) is 4.14.